The summed E-state index contributed by atoms with van der Waals surface area (Å²) in [7, 11) is 0.217. The summed E-state index contributed by atoms with van der Waals surface area (Å²) in [6, 6.07) is 67.3. The van der Waals surface area contributed by atoms with Crippen LogP contribution in [-0.4, -0.2) is 81.4 Å². The van der Waals surface area contributed by atoms with Gasteiger partial charge in [-0.15, -0.1) is 0 Å². The number of hydrogen-bond donors (Lipinski definition) is 0. The molecule has 2 heterocycles. The van der Waals surface area contributed by atoms with Crippen molar-refractivity contribution in [3.05, 3.63) is 194 Å². The van der Waals surface area contributed by atoms with Gasteiger partial charge in [0.1, 0.15) is 7.40 Å². The van der Waals surface area contributed by atoms with Gasteiger partial charge in [0, 0.05) is 0 Å². The van der Waals surface area contributed by atoms with Crippen molar-refractivity contribution in [2.75, 3.05) is 14.2 Å². The van der Waals surface area contributed by atoms with Gasteiger partial charge in [-0.05, 0) is 0 Å². The van der Waals surface area contributed by atoms with Gasteiger partial charge >= 0.3 is 357 Å². The van der Waals surface area contributed by atoms with E-state index in [0.717, 1.165) is 30.1 Å². The molecule has 6 nitrogen and oxygen atoms in total. The number of benzene rings is 6. The Labute approximate surface area is 375 Å². The van der Waals surface area contributed by atoms with E-state index in [1.54, 1.807) is 14.2 Å². The van der Waals surface area contributed by atoms with Crippen molar-refractivity contribution in [1.29, 1.82) is 0 Å². The molecule has 0 saturated heterocycles. The predicted molar refractivity (Wildman–Crippen MR) is 243 cm³/mol. The van der Waals surface area contributed by atoms with Gasteiger partial charge in [0.05, 0.1) is 0 Å². The molecule has 0 aliphatic heterocycles. The fourth-order valence-corrected chi connectivity index (χ4v) is 13.0. The maximum atomic E-state index is 9.89. The molecular formula is C48H38BFO6Se4. The maximum absolute atomic E-state index is 9.89. The third-order valence-electron chi connectivity index (χ3n) is 8.19. The van der Waals surface area contributed by atoms with E-state index in [1.165, 1.54) is 40.1 Å². The summed E-state index contributed by atoms with van der Waals surface area (Å²) in [6.07, 6.45) is 0. The Balaban J connectivity index is 0.000000185. The van der Waals surface area contributed by atoms with Gasteiger partial charge in [0.2, 0.25) is 0 Å². The van der Waals surface area contributed by atoms with Gasteiger partial charge in [-0.1, -0.05) is 0 Å². The van der Waals surface area contributed by atoms with Crippen molar-refractivity contribution < 1.29 is 32.7 Å². The van der Waals surface area contributed by atoms with Crippen LogP contribution in [0.5, 0.6) is 11.5 Å². The molecule has 0 amide bonds. The van der Waals surface area contributed by atoms with E-state index in [-0.39, 0.29) is 59.8 Å². The molecule has 0 saturated carbocycles. The molecule has 0 fully saturated rings. The standard InChI is InChI=1S/2C24H19O2Se2.BFO2/c2*1-25-20-14-12-18(13-15-20)19-16-23(27-21-8-4-2-5-9-21)26-24(17-19)28-22-10-6-3-7-11-22;2-1(3)4/h2*2-17H,1H3;/q2*+1;-2. The number of halogens is 1. The minimum absolute atomic E-state index is 0.130. The fourth-order valence-electron chi connectivity index (χ4n) is 5.43. The van der Waals surface area contributed by atoms with E-state index in [9.17, 15) is 4.32 Å². The van der Waals surface area contributed by atoms with E-state index in [4.69, 9.17) is 28.4 Å². The maximum Gasteiger partial charge on any atom is 0.121 e. The van der Waals surface area contributed by atoms with Crippen LogP contribution in [0.2, 0.25) is 0 Å². The van der Waals surface area contributed by atoms with Crippen LogP contribution in [0.3, 0.4) is 0 Å². The normalized spacial score (nSPS) is 10.3. The molecule has 2 aromatic heterocycles. The van der Waals surface area contributed by atoms with Gasteiger partial charge in [-0.25, -0.2) is 0 Å². The van der Waals surface area contributed by atoms with Crippen molar-refractivity contribution >= 4 is 104 Å². The van der Waals surface area contributed by atoms with Crippen LogP contribution >= 0.6 is 0 Å². The molecule has 0 bridgehead atoms. The molecule has 0 unspecified atom stereocenters. The Bertz CT molecular complexity index is 2190. The first-order valence-electron chi connectivity index (χ1n) is 18.5. The first kappa shape index (κ1) is 44.8. The summed E-state index contributed by atoms with van der Waals surface area (Å²) >= 11 is 0.521. The second kappa shape index (κ2) is 23.9. The summed E-state index contributed by atoms with van der Waals surface area (Å²) in [5, 5.41) is 16.6. The van der Waals surface area contributed by atoms with E-state index < -0.39 is 7.40 Å². The van der Waals surface area contributed by atoms with Crippen LogP contribution in [0.4, 0.5) is 4.32 Å². The Morgan fingerprint density at radius 3 is 0.833 bits per heavy atom. The molecular weight excluding hydrogens is 1020 g/mol. The minimum Gasteiger partial charge on any atom is -0.867 e. The molecule has 0 radical (unpaired) electrons. The Morgan fingerprint density at radius 1 is 0.383 bits per heavy atom. The van der Waals surface area contributed by atoms with Gasteiger partial charge in [0.15, 0.2) is 0 Å². The molecule has 300 valence electrons. The Morgan fingerprint density at radius 2 is 0.617 bits per heavy atom. The second-order valence-electron chi connectivity index (χ2n) is 12.4. The molecule has 0 atom stereocenters. The first-order chi connectivity index (χ1) is 29.3. The average Bonchev–Trinajstić information content (AvgIpc) is 3.28. The zero-order chi connectivity index (χ0) is 41.9. The first-order valence-corrected chi connectivity index (χ1v) is 25.3. The largest absolute Gasteiger partial charge is 0.867 e. The van der Waals surface area contributed by atoms with Crippen molar-refractivity contribution in [3.63, 3.8) is 0 Å². The van der Waals surface area contributed by atoms with Crippen LogP contribution in [0, 0.1) is 0 Å². The zero-order valence-corrected chi connectivity index (χ0v) is 39.4. The van der Waals surface area contributed by atoms with Crippen molar-refractivity contribution in [2.24, 2.45) is 0 Å². The zero-order valence-electron chi connectivity index (χ0n) is 32.5. The minimum atomic E-state index is -3.17. The molecule has 0 aliphatic rings. The van der Waals surface area contributed by atoms with Crippen LogP contribution in [-0.2, 0) is 0 Å². The van der Waals surface area contributed by atoms with E-state index in [2.05, 4.69) is 170 Å². The molecule has 12 heteroatoms. The van der Waals surface area contributed by atoms with Crippen LogP contribution < -0.4 is 56.0 Å². The van der Waals surface area contributed by atoms with E-state index in [1.807, 2.05) is 24.3 Å². The van der Waals surface area contributed by atoms with E-state index in [0.29, 0.717) is 0 Å². The SMILES string of the molecule is COc1ccc(-c2cc([Se]c3ccccc3)[o+]c([Se]c3ccccc3)c2)cc1.COc1ccc(-c2cc([Se]c3ccccc3)[o+]c([Se]c3ccccc3)c2)cc1.[O-]B([O-])F. The quantitative estimate of drug-likeness (QED) is 0.139. The number of hydrogen-bond acceptors (Lipinski definition) is 4. The third-order valence-corrected chi connectivity index (χ3v) is 15.8. The van der Waals surface area contributed by atoms with E-state index >= 15 is 0 Å². The summed E-state index contributed by atoms with van der Waals surface area (Å²) < 4.78 is 42.5. The van der Waals surface area contributed by atoms with Crippen molar-refractivity contribution in [3.8, 4) is 33.8 Å². The summed E-state index contributed by atoms with van der Waals surface area (Å²) in [6.45, 7) is 0. The molecule has 8 aromatic rings. The van der Waals surface area contributed by atoms with Gasteiger partial charge in [-0.3, -0.25) is 0 Å². The monoisotopic (exact) mass is 1060 g/mol. The molecule has 0 N–H and O–H groups in total. The van der Waals surface area contributed by atoms with Crippen molar-refractivity contribution in [1.82, 2.24) is 0 Å². The summed E-state index contributed by atoms with van der Waals surface area (Å²) in [4.78, 5) is 0. The summed E-state index contributed by atoms with van der Waals surface area (Å²) in [5.41, 5.74) is 4.72. The van der Waals surface area contributed by atoms with Crippen LogP contribution in [0.1, 0.15) is 0 Å². The molecule has 0 spiro atoms. The van der Waals surface area contributed by atoms with Crippen LogP contribution in [0.25, 0.3) is 22.3 Å². The number of ether oxygens (including phenoxy) is 2. The smallest absolute Gasteiger partial charge is 0.121 e. The molecule has 60 heavy (non-hydrogen) atoms. The van der Waals surface area contributed by atoms with Crippen LogP contribution in [0.15, 0.2) is 203 Å². The number of methoxy groups -OCH3 is 2. The summed E-state index contributed by atoms with van der Waals surface area (Å²) in [5.74, 6) is 1.73. The fraction of sp³-hybridized carbons (Fsp3) is 0.0417. The van der Waals surface area contributed by atoms with Gasteiger partial charge in [-0.2, -0.15) is 0 Å². The molecule has 8 rings (SSSR count). The molecule has 6 aromatic carbocycles. The molecule has 0 aliphatic carbocycles. The van der Waals surface area contributed by atoms with Gasteiger partial charge < -0.3 is 14.4 Å². The second-order valence-corrected chi connectivity index (χ2v) is 21.4. The third kappa shape index (κ3) is 14.7. The van der Waals surface area contributed by atoms with Gasteiger partial charge in [0.25, 0.3) is 0 Å². The predicted octanol–water partition coefficient (Wildman–Crippen LogP) is 2.75. The Kier molecular flexibility index (Phi) is 17.8. The Hall–Kier alpha value is -4.79. The number of rotatable bonds is 12. The average molecular weight is 1060 g/mol. The topological polar surface area (TPSA) is 87.2 Å². The van der Waals surface area contributed by atoms with Crippen molar-refractivity contribution in [2.45, 2.75) is 0 Å².